The summed E-state index contributed by atoms with van der Waals surface area (Å²) >= 11 is 0. The van der Waals surface area contributed by atoms with E-state index in [1.807, 2.05) is 52.7 Å². The highest BCUT2D eigenvalue weighted by atomic mass is 35.5. The fourth-order valence-corrected chi connectivity index (χ4v) is 4.23. The number of imidazole rings is 1. The number of nitrogens with one attached hydrogen (secondary N) is 1. The maximum absolute atomic E-state index is 5.62. The second-order valence-corrected chi connectivity index (χ2v) is 7.92. The van der Waals surface area contributed by atoms with E-state index >= 15 is 0 Å². The molecule has 35 heavy (non-hydrogen) atoms. The van der Waals surface area contributed by atoms with Crippen LogP contribution in [0.1, 0.15) is 35.8 Å². The number of benzene rings is 2. The van der Waals surface area contributed by atoms with Crippen molar-refractivity contribution in [1.29, 1.82) is 0 Å². The molecule has 1 aliphatic heterocycles. The number of methoxy groups -OCH3 is 2. The molecule has 188 valence electrons. The zero-order valence-corrected chi connectivity index (χ0v) is 21.4. The Kier molecular flexibility index (Phi) is 9.53. The van der Waals surface area contributed by atoms with E-state index in [-0.39, 0.29) is 36.2 Å². The van der Waals surface area contributed by atoms with Crippen LogP contribution in [-0.4, -0.2) is 44.0 Å². The Morgan fingerprint density at radius 3 is 2.60 bits per heavy atom. The summed E-state index contributed by atoms with van der Waals surface area (Å²) in [6.45, 7) is 2.83. The fraction of sp³-hybridized carbons (Fsp3) is 0.292. The van der Waals surface area contributed by atoms with Crippen LogP contribution in [0.5, 0.6) is 11.5 Å². The van der Waals surface area contributed by atoms with Crippen molar-refractivity contribution in [1.82, 2.24) is 24.3 Å². The molecule has 0 bridgehead atoms. The van der Waals surface area contributed by atoms with Crippen LogP contribution in [0.4, 0.5) is 11.6 Å². The molecular weight excluding hydrogens is 491 g/mol. The molecular formula is C24H30Cl2N6O3. The molecule has 1 aliphatic rings. The summed E-state index contributed by atoms with van der Waals surface area (Å²) in [4.78, 5) is 9.14. The number of rotatable bonds is 6. The lowest BCUT2D eigenvalue weighted by Crippen LogP contribution is -2.18. The van der Waals surface area contributed by atoms with Crippen molar-refractivity contribution in [3.05, 3.63) is 72.1 Å². The van der Waals surface area contributed by atoms with Gasteiger partial charge in [-0.1, -0.05) is 12.1 Å². The number of aryl methyl sites for hydroxylation is 2. The van der Waals surface area contributed by atoms with Gasteiger partial charge < -0.3 is 24.8 Å². The Hall–Kier alpha value is -3.27. The number of fused-ring (bicyclic) bond motifs is 1. The van der Waals surface area contributed by atoms with Gasteiger partial charge in [0.2, 0.25) is 5.95 Å². The Morgan fingerprint density at radius 1 is 1.06 bits per heavy atom. The predicted octanol–water partition coefficient (Wildman–Crippen LogP) is 4.48. The van der Waals surface area contributed by atoms with Crippen molar-refractivity contribution in [2.45, 2.75) is 32.2 Å². The minimum atomic E-state index is 0. The normalized spacial score (nSPS) is 14.0. The Balaban J connectivity index is 0.00000144. The molecule has 0 aliphatic carbocycles. The molecule has 0 spiro atoms. The number of hydrogen-bond acceptors (Lipinski definition) is 6. The molecule has 0 amide bonds. The van der Waals surface area contributed by atoms with Gasteiger partial charge in [0.15, 0.2) is 0 Å². The number of aromatic nitrogens is 5. The van der Waals surface area contributed by atoms with E-state index in [1.165, 1.54) is 5.56 Å². The molecule has 5 rings (SSSR count). The molecule has 1 atom stereocenters. The van der Waals surface area contributed by atoms with Gasteiger partial charge in [0.1, 0.15) is 17.3 Å². The van der Waals surface area contributed by atoms with E-state index in [9.17, 15) is 0 Å². The monoisotopic (exact) mass is 520 g/mol. The van der Waals surface area contributed by atoms with Crippen molar-refractivity contribution in [2.75, 3.05) is 19.5 Å². The standard InChI is InChI=1S/C24H26N6O2.2ClH.H2O/c1-16-14-29(15-25-16)21-10-9-18(13-22(21)32-3)26-24-27-23-20(8-5-11-30(23)28-24)17-6-4-7-19(12-17)31-2;;;/h4,6-7,9-10,12-15,20H,5,8,11H2,1-3H3,(H,26,28);2*1H;1H2. The first-order valence-electron chi connectivity index (χ1n) is 10.7. The average molecular weight is 521 g/mol. The summed E-state index contributed by atoms with van der Waals surface area (Å²) in [5, 5.41) is 8.05. The van der Waals surface area contributed by atoms with Gasteiger partial charge in [-0.2, -0.15) is 4.98 Å². The molecule has 0 saturated heterocycles. The highest BCUT2D eigenvalue weighted by molar-refractivity contribution is 5.85. The Bertz CT molecular complexity index is 1260. The molecule has 0 radical (unpaired) electrons. The average Bonchev–Trinajstić information content (AvgIpc) is 3.44. The van der Waals surface area contributed by atoms with E-state index in [2.05, 4.69) is 22.4 Å². The first-order valence-corrected chi connectivity index (χ1v) is 10.7. The quantitative estimate of drug-likeness (QED) is 0.401. The van der Waals surface area contributed by atoms with Gasteiger partial charge in [-0.05, 0) is 49.6 Å². The van der Waals surface area contributed by atoms with Gasteiger partial charge in [-0.3, -0.25) is 0 Å². The molecule has 4 aromatic rings. The molecule has 0 saturated carbocycles. The zero-order valence-electron chi connectivity index (χ0n) is 19.8. The van der Waals surface area contributed by atoms with Crippen LogP contribution in [0.15, 0.2) is 55.0 Å². The lowest BCUT2D eigenvalue weighted by molar-refractivity contribution is 0.411. The predicted molar refractivity (Wildman–Crippen MR) is 140 cm³/mol. The van der Waals surface area contributed by atoms with Crippen LogP contribution in [0.25, 0.3) is 5.69 Å². The lowest BCUT2D eigenvalue weighted by Gasteiger charge is -2.22. The van der Waals surface area contributed by atoms with Crippen molar-refractivity contribution in [2.24, 2.45) is 0 Å². The number of hydrogen-bond donors (Lipinski definition) is 1. The third-order valence-corrected chi connectivity index (χ3v) is 5.80. The second-order valence-electron chi connectivity index (χ2n) is 7.92. The fourth-order valence-electron chi connectivity index (χ4n) is 4.23. The smallest absolute Gasteiger partial charge is 0.246 e. The van der Waals surface area contributed by atoms with Crippen LogP contribution >= 0.6 is 24.8 Å². The van der Waals surface area contributed by atoms with Gasteiger partial charge in [0, 0.05) is 30.4 Å². The number of anilines is 2. The summed E-state index contributed by atoms with van der Waals surface area (Å²) in [5.74, 6) is 3.36. The summed E-state index contributed by atoms with van der Waals surface area (Å²) in [5.41, 5.74) is 3.94. The van der Waals surface area contributed by atoms with Crippen LogP contribution in [0, 0.1) is 6.92 Å². The minimum Gasteiger partial charge on any atom is -0.497 e. The largest absolute Gasteiger partial charge is 0.497 e. The minimum absolute atomic E-state index is 0. The van der Waals surface area contributed by atoms with Gasteiger partial charge in [0.25, 0.3) is 0 Å². The summed E-state index contributed by atoms with van der Waals surface area (Å²) < 4.78 is 15.0. The van der Waals surface area contributed by atoms with E-state index in [1.54, 1.807) is 20.5 Å². The van der Waals surface area contributed by atoms with Gasteiger partial charge in [-0.15, -0.1) is 29.9 Å². The maximum Gasteiger partial charge on any atom is 0.246 e. The molecule has 9 nitrogen and oxygen atoms in total. The molecule has 2 aromatic carbocycles. The maximum atomic E-state index is 5.62. The van der Waals surface area contributed by atoms with Crippen molar-refractivity contribution < 1.29 is 14.9 Å². The number of ether oxygens (including phenoxy) is 2. The van der Waals surface area contributed by atoms with Crippen LogP contribution < -0.4 is 14.8 Å². The van der Waals surface area contributed by atoms with E-state index in [0.717, 1.165) is 53.8 Å². The molecule has 11 heteroatoms. The molecule has 0 fully saturated rings. The highest BCUT2D eigenvalue weighted by Gasteiger charge is 2.26. The number of nitrogens with zero attached hydrogens (tertiary/aromatic N) is 5. The highest BCUT2D eigenvalue weighted by Crippen LogP contribution is 2.35. The molecule has 3 heterocycles. The van der Waals surface area contributed by atoms with E-state index in [4.69, 9.17) is 19.6 Å². The van der Waals surface area contributed by atoms with Gasteiger partial charge in [-0.25, -0.2) is 9.67 Å². The van der Waals surface area contributed by atoms with E-state index in [0.29, 0.717) is 5.95 Å². The van der Waals surface area contributed by atoms with Gasteiger partial charge in [0.05, 0.1) is 31.9 Å². The van der Waals surface area contributed by atoms with Crippen molar-refractivity contribution in [3.63, 3.8) is 0 Å². The SMILES string of the molecule is COc1cccc(C2CCCn3nc(Nc4ccc(-n5cnc(C)c5)c(OC)c4)nc32)c1.Cl.Cl.O. The third-order valence-electron chi connectivity index (χ3n) is 5.80. The summed E-state index contributed by atoms with van der Waals surface area (Å²) in [6.07, 6.45) is 5.85. The summed E-state index contributed by atoms with van der Waals surface area (Å²) in [6, 6.07) is 14.1. The Morgan fingerprint density at radius 2 is 1.89 bits per heavy atom. The van der Waals surface area contributed by atoms with Crippen LogP contribution in [0.2, 0.25) is 0 Å². The summed E-state index contributed by atoms with van der Waals surface area (Å²) in [7, 11) is 3.36. The first kappa shape index (κ1) is 28.0. The molecule has 1 unspecified atom stereocenters. The van der Waals surface area contributed by atoms with E-state index < -0.39 is 0 Å². The second kappa shape index (κ2) is 11.9. The first-order chi connectivity index (χ1) is 15.6. The molecule has 3 N–H and O–H groups in total. The zero-order chi connectivity index (χ0) is 22.1. The van der Waals surface area contributed by atoms with Crippen molar-refractivity contribution in [3.8, 4) is 17.2 Å². The van der Waals surface area contributed by atoms with Crippen molar-refractivity contribution >= 4 is 36.4 Å². The number of halogens is 2. The van der Waals surface area contributed by atoms with Gasteiger partial charge >= 0.3 is 0 Å². The Labute approximate surface area is 216 Å². The molecule has 2 aromatic heterocycles. The topological polar surface area (TPSA) is 111 Å². The lowest BCUT2D eigenvalue weighted by atomic mass is 9.91. The van der Waals surface area contributed by atoms with Crippen LogP contribution in [-0.2, 0) is 6.54 Å². The third kappa shape index (κ3) is 5.70. The van der Waals surface area contributed by atoms with Crippen LogP contribution in [0.3, 0.4) is 0 Å².